The molecule has 0 spiro atoms. The van der Waals surface area contributed by atoms with Crippen LogP contribution >= 0.6 is 0 Å². The Morgan fingerprint density at radius 2 is 1.49 bits per heavy atom. The number of furan rings is 1. The maximum Gasteiger partial charge on any atom is 0.408 e. The number of aliphatic hydroxyl groups is 1. The van der Waals surface area contributed by atoms with Crippen LogP contribution in [0.1, 0.15) is 76.4 Å². The molecule has 0 saturated carbocycles. The molecule has 0 unspecified atom stereocenters. The fourth-order valence-corrected chi connectivity index (χ4v) is 9.51. The summed E-state index contributed by atoms with van der Waals surface area (Å²) in [5.41, 5.74) is -0.543. The molecule has 1 aromatic heterocycles. The Labute approximate surface area is 244 Å². The molecule has 0 aliphatic heterocycles. The number of hydrogen-bond acceptors (Lipinski definition) is 7. The van der Waals surface area contributed by atoms with Gasteiger partial charge in [0.2, 0.25) is 0 Å². The van der Waals surface area contributed by atoms with Gasteiger partial charge in [0.25, 0.3) is 8.32 Å². The predicted octanol–water partition coefficient (Wildman–Crippen LogP) is 5.27. The van der Waals surface area contributed by atoms with Crippen LogP contribution < -0.4 is 15.7 Å². The third-order valence-electron chi connectivity index (χ3n) is 6.68. The van der Waals surface area contributed by atoms with Gasteiger partial charge in [0, 0.05) is 0 Å². The molecule has 0 bridgehead atoms. The summed E-state index contributed by atoms with van der Waals surface area (Å²) in [7, 11) is -2.98. The van der Waals surface area contributed by atoms with E-state index in [-0.39, 0.29) is 29.6 Å². The molecule has 0 fully saturated rings. The average Bonchev–Trinajstić information content (AvgIpc) is 3.28. The van der Waals surface area contributed by atoms with Gasteiger partial charge in [-0.05, 0) is 56.1 Å². The summed E-state index contributed by atoms with van der Waals surface area (Å²) in [6.07, 6.45) is -1.98. The summed E-state index contributed by atoms with van der Waals surface area (Å²) in [5, 5.41) is 16.2. The number of esters is 1. The average molecular weight is 582 g/mol. The predicted molar refractivity (Wildman–Crippen MR) is 161 cm³/mol. The Balaban J connectivity index is 2.03. The van der Waals surface area contributed by atoms with E-state index in [2.05, 4.69) is 50.4 Å². The molecule has 0 saturated heterocycles. The number of benzene rings is 2. The normalized spacial score (nSPS) is 13.8. The van der Waals surface area contributed by atoms with Gasteiger partial charge in [0.05, 0.1) is 13.2 Å². The maximum absolute atomic E-state index is 12.9. The van der Waals surface area contributed by atoms with Crippen LogP contribution in [0, 0.1) is 6.92 Å². The molecular formula is C32H43NO7Si. The largest absolute Gasteiger partial charge is 0.463 e. The highest BCUT2D eigenvalue weighted by molar-refractivity contribution is 6.99. The van der Waals surface area contributed by atoms with Crippen molar-refractivity contribution in [1.82, 2.24) is 5.32 Å². The van der Waals surface area contributed by atoms with E-state index in [1.807, 2.05) is 36.4 Å². The first kappa shape index (κ1) is 32.1. The van der Waals surface area contributed by atoms with Gasteiger partial charge in [-0.25, -0.2) is 9.59 Å². The van der Waals surface area contributed by atoms with E-state index < -0.39 is 38.1 Å². The van der Waals surface area contributed by atoms with Gasteiger partial charge in [0.15, 0.2) is 0 Å². The lowest BCUT2D eigenvalue weighted by atomic mass is 10.1. The molecule has 2 atom stereocenters. The van der Waals surface area contributed by atoms with Gasteiger partial charge in [-0.15, -0.1) is 0 Å². The van der Waals surface area contributed by atoms with E-state index in [1.165, 1.54) is 6.07 Å². The summed E-state index contributed by atoms with van der Waals surface area (Å²) < 4.78 is 23.4. The molecular weight excluding hydrogens is 538 g/mol. The molecule has 222 valence electrons. The van der Waals surface area contributed by atoms with Gasteiger partial charge >= 0.3 is 12.1 Å². The minimum absolute atomic E-state index is 0.123. The number of nitrogens with one attached hydrogen (secondary N) is 1. The molecule has 2 N–H and O–H groups in total. The molecule has 3 rings (SSSR count). The number of amides is 1. The van der Waals surface area contributed by atoms with Gasteiger partial charge in [-0.3, -0.25) is 0 Å². The van der Waals surface area contributed by atoms with Crippen LogP contribution in [0.15, 0.2) is 71.1 Å². The first-order chi connectivity index (χ1) is 19.2. The standard InChI is InChI=1S/C32H43NO7Si/c1-9-37-29(35)25-20-27(39-22(25)2)28(33-30(36)40-31(3,4)5)26(34)21-38-41(32(6,7)8,23-16-12-10-13-17-23)24-18-14-11-15-19-24/h10-20,26,28,34H,9,21H2,1-8H3,(H,33,36)/t26-,28+/m0/s1. The highest BCUT2D eigenvalue weighted by Crippen LogP contribution is 2.37. The van der Waals surface area contributed by atoms with Crippen molar-refractivity contribution < 1.29 is 33.0 Å². The molecule has 0 radical (unpaired) electrons. The number of carbonyl (C=O) groups excluding carboxylic acids is 2. The van der Waals surface area contributed by atoms with Crippen LogP contribution in [0.4, 0.5) is 4.79 Å². The van der Waals surface area contributed by atoms with E-state index in [0.717, 1.165) is 10.4 Å². The van der Waals surface area contributed by atoms with Crippen molar-refractivity contribution in [1.29, 1.82) is 0 Å². The summed E-state index contributed by atoms with van der Waals surface area (Å²) in [6.45, 7) is 15.1. The highest BCUT2D eigenvalue weighted by atomic mass is 28.4. The molecule has 0 aliphatic rings. The highest BCUT2D eigenvalue weighted by Gasteiger charge is 2.50. The zero-order chi connectivity index (χ0) is 30.4. The molecule has 8 nitrogen and oxygen atoms in total. The molecule has 1 amide bonds. The Hall–Kier alpha value is -3.40. The van der Waals surface area contributed by atoms with Crippen molar-refractivity contribution in [3.63, 3.8) is 0 Å². The second-order valence-electron chi connectivity index (χ2n) is 12.0. The first-order valence-electron chi connectivity index (χ1n) is 13.9. The van der Waals surface area contributed by atoms with Crippen molar-refractivity contribution in [2.45, 2.75) is 78.2 Å². The quantitative estimate of drug-likeness (QED) is 0.248. The summed E-state index contributed by atoms with van der Waals surface area (Å²) in [4.78, 5) is 25.4. The number of alkyl carbamates (subject to hydrolysis) is 1. The van der Waals surface area contributed by atoms with Crippen LogP contribution in [0.5, 0.6) is 0 Å². The van der Waals surface area contributed by atoms with Crippen LogP contribution in [-0.4, -0.2) is 50.4 Å². The SMILES string of the molecule is CCOC(=O)c1cc([C@H](NC(=O)OC(C)(C)C)[C@@H](O)CO[Si](c2ccccc2)(c2ccccc2)C(C)(C)C)oc1C. The molecule has 9 heteroatoms. The first-order valence-corrected chi connectivity index (χ1v) is 15.8. The van der Waals surface area contributed by atoms with Crippen molar-refractivity contribution >= 4 is 30.8 Å². The fourth-order valence-electron chi connectivity index (χ4n) is 4.93. The van der Waals surface area contributed by atoms with E-state index in [9.17, 15) is 14.7 Å². The summed E-state index contributed by atoms with van der Waals surface area (Å²) >= 11 is 0. The maximum atomic E-state index is 12.9. The van der Waals surface area contributed by atoms with Crippen LogP contribution in [0.25, 0.3) is 0 Å². The zero-order valence-corrected chi connectivity index (χ0v) is 26.3. The van der Waals surface area contributed by atoms with Gasteiger partial charge in [-0.2, -0.15) is 0 Å². The monoisotopic (exact) mass is 581 g/mol. The number of aliphatic hydroxyl groups excluding tert-OH is 1. The van der Waals surface area contributed by atoms with Gasteiger partial charge in [-0.1, -0.05) is 81.4 Å². The summed E-state index contributed by atoms with van der Waals surface area (Å²) in [6, 6.07) is 20.6. The Morgan fingerprint density at radius 1 is 0.951 bits per heavy atom. The van der Waals surface area contributed by atoms with E-state index >= 15 is 0 Å². The number of aryl methyl sites for hydroxylation is 1. The Morgan fingerprint density at radius 3 is 1.95 bits per heavy atom. The van der Waals surface area contributed by atoms with E-state index in [1.54, 1.807) is 34.6 Å². The van der Waals surface area contributed by atoms with Crippen LogP contribution in [-0.2, 0) is 13.9 Å². The Kier molecular flexibility index (Phi) is 10.2. The van der Waals surface area contributed by atoms with Crippen molar-refractivity contribution in [3.8, 4) is 0 Å². The number of ether oxygens (including phenoxy) is 2. The Bertz CT molecular complexity index is 1250. The number of rotatable bonds is 10. The topological polar surface area (TPSA) is 107 Å². The fraction of sp³-hybridized carbons (Fsp3) is 0.438. The van der Waals surface area contributed by atoms with Gasteiger partial charge < -0.3 is 28.7 Å². The van der Waals surface area contributed by atoms with Gasteiger partial charge in [0.1, 0.15) is 34.8 Å². The van der Waals surface area contributed by atoms with E-state index in [4.69, 9.17) is 18.3 Å². The molecule has 2 aromatic carbocycles. The molecule has 3 aromatic rings. The van der Waals surface area contributed by atoms with E-state index in [0.29, 0.717) is 5.76 Å². The molecule has 41 heavy (non-hydrogen) atoms. The van der Waals surface area contributed by atoms with Crippen molar-refractivity contribution in [2.24, 2.45) is 0 Å². The van der Waals surface area contributed by atoms with Crippen LogP contribution in [0.3, 0.4) is 0 Å². The van der Waals surface area contributed by atoms with Crippen molar-refractivity contribution in [2.75, 3.05) is 13.2 Å². The van der Waals surface area contributed by atoms with Crippen LogP contribution in [0.2, 0.25) is 5.04 Å². The smallest absolute Gasteiger partial charge is 0.408 e. The third kappa shape index (κ3) is 7.66. The summed E-state index contributed by atoms with van der Waals surface area (Å²) in [5.74, 6) is -0.0430. The second-order valence-corrected chi connectivity index (χ2v) is 16.3. The third-order valence-corrected chi connectivity index (χ3v) is 11.7. The zero-order valence-electron chi connectivity index (χ0n) is 25.3. The van der Waals surface area contributed by atoms with Crippen molar-refractivity contribution in [3.05, 3.63) is 83.8 Å². The molecule has 1 heterocycles. The molecule has 0 aliphatic carbocycles. The lowest BCUT2D eigenvalue weighted by Gasteiger charge is -2.43. The lowest BCUT2D eigenvalue weighted by molar-refractivity contribution is 0.0300. The minimum Gasteiger partial charge on any atom is -0.463 e. The second kappa shape index (κ2) is 13.1. The number of hydrogen-bond donors (Lipinski definition) is 2. The lowest BCUT2D eigenvalue weighted by Crippen LogP contribution is -2.67. The minimum atomic E-state index is -2.98. The number of carbonyl (C=O) groups is 2.